The number of allylic oxidation sites excluding steroid dienone is 2. The van der Waals surface area contributed by atoms with Gasteiger partial charge in [-0.1, -0.05) is 42.6 Å². The number of hydrogen-bond donors (Lipinski definition) is 3. The molecule has 0 saturated heterocycles. The van der Waals surface area contributed by atoms with Crippen LogP contribution >= 0.6 is 11.8 Å². The standard InChI is InChI=1S/C28H27N3O6S/c1-5-11-37-28(35)25-16(2)30-27(21(14-29)26(25)19-9-10-22(33)23(13-19)36-4)38-15-24(34)31-20-8-6-7-18(12-20)17(3)32/h5-10,12-13,26,30,33H,1,11,15H2,2-4H3,(H,31,34)/t26-/m1/s1. The number of carbonyl (C=O) groups is 3. The Balaban J connectivity index is 1.93. The predicted octanol–water partition coefficient (Wildman–Crippen LogP) is 4.40. The molecule has 3 rings (SSSR count). The summed E-state index contributed by atoms with van der Waals surface area (Å²) in [7, 11) is 1.40. The number of hydrogen-bond acceptors (Lipinski definition) is 9. The number of phenols is 1. The molecule has 2 aromatic carbocycles. The van der Waals surface area contributed by atoms with Gasteiger partial charge >= 0.3 is 5.97 Å². The molecular formula is C28H27N3O6S. The largest absolute Gasteiger partial charge is 0.504 e. The molecular weight excluding hydrogens is 506 g/mol. The van der Waals surface area contributed by atoms with Crippen LogP contribution in [0.25, 0.3) is 0 Å². The summed E-state index contributed by atoms with van der Waals surface area (Å²) in [6, 6.07) is 13.3. The Labute approximate surface area is 224 Å². The zero-order valence-electron chi connectivity index (χ0n) is 21.2. The van der Waals surface area contributed by atoms with E-state index in [1.54, 1.807) is 43.3 Å². The number of aromatic hydroxyl groups is 1. The van der Waals surface area contributed by atoms with Crippen molar-refractivity contribution < 1.29 is 29.0 Å². The second-order valence-electron chi connectivity index (χ2n) is 8.24. The minimum atomic E-state index is -0.842. The average molecular weight is 534 g/mol. The Morgan fingerprint density at radius 1 is 1.26 bits per heavy atom. The van der Waals surface area contributed by atoms with Gasteiger partial charge in [0.05, 0.1) is 41.0 Å². The quantitative estimate of drug-likeness (QED) is 0.230. The number of esters is 1. The number of anilines is 1. The van der Waals surface area contributed by atoms with E-state index in [-0.39, 0.29) is 46.7 Å². The van der Waals surface area contributed by atoms with Gasteiger partial charge in [0.15, 0.2) is 17.3 Å². The Bertz CT molecular complexity index is 1390. The first-order valence-corrected chi connectivity index (χ1v) is 12.5. The number of amides is 1. The third-order valence-electron chi connectivity index (χ3n) is 5.64. The van der Waals surface area contributed by atoms with Gasteiger partial charge in [0.25, 0.3) is 0 Å². The van der Waals surface area contributed by atoms with E-state index in [1.165, 1.54) is 26.2 Å². The summed E-state index contributed by atoms with van der Waals surface area (Å²) in [5, 5.41) is 26.4. The number of thioether (sulfide) groups is 1. The van der Waals surface area contributed by atoms with E-state index in [1.807, 2.05) is 0 Å². The van der Waals surface area contributed by atoms with Crippen LogP contribution in [0.3, 0.4) is 0 Å². The highest BCUT2D eigenvalue weighted by Gasteiger charge is 2.36. The number of dihydropyridines is 1. The molecule has 1 heterocycles. The van der Waals surface area contributed by atoms with E-state index >= 15 is 0 Å². The van der Waals surface area contributed by atoms with Crippen molar-refractivity contribution in [3.05, 3.63) is 88.1 Å². The smallest absolute Gasteiger partial charge is 0.337 e. The van der Waals surface area contributed by atoms with Crippen LogP contribution in [0.4, 0.5) is 5.69 Å². The number of Topliss-reactive ketones (excluding diaryl/α,β-unsaturated/α-hetero) is 1. The maximum absolute atomic E-state index is 13.0. The van der Waals surface area contributed by atoms with Crippen molar-refractivity contribution >= 4 is 35.1 Å². The van der Waals surface area contributed by atoms with Crippen molar-refractivity contribution in [3.8, 4) is 17.6 Å². The number of nitrogens with zero attached hydrogens (tertiary/aromatic N) is 1. The minimum absolute atomic E-state index is 0.0144. The molecule has 2 aromatic rings. The predicted molar refractivity (Wildman–Crippen MR) is 145 cm³/mol. The summed E-state index contributed by atoms with van der Waals surface area (Å²) in [5.41, 5.74) is 2.34. The molecule has 0 aliphatic carbocycles. The lowest BCUT2D eigenvalue weighted by atomic mass is 9.82. The van der Waals surface area contributed by atoms with Crippen LogP contribution in [0.5, 0.6) is 11.5 Å². The molecule has 0 radical (unpaired) electrons. The van der Waals surface area contributed by atoms with Gasteiger partial charge in [0, 0.05) is 16.9 Å². The molecule has 0 unspecified atom stereocenters. The Kier molecular flexibility index (Phi) is 9.35. The number of carbonyl (C=O) groups excluding carboxylic acids is 3. The highest BCUT2D eigenvalue weighted by molar-refractivity contribution is 8.03. The molecule has 1 atom stereocenters. The highest BCUT2D eigenvalue weighted by Crippen LogP contribution is 2.43. The number of ether oxygens (including phenoxy) is 2. The van der Waals surface area contributed by atoms with Gasteiger partial charge in [-0.15, -0.1) is 0 Å². The number of nitrogens with one attached hydrogen (secondary N) is 2. The summed E-state index contributed by atoms with van der Waals surface area (Å²) in [6.45, 7) is 6.67. The zero-order valence-corrected chi connectivity index (χ0v) is 22.0. The number of phenolic OH excluding ortho intramolecular Hbond substituents is 1. The molecule has 196 valence electrons. The molecule has 0 aromatic heterocycles. The van der Waals surface area contributed by atoms with Gasteiger partial charge in [0.1, 0.15) is 6.61 Å². The van der Waals surface area contributed by atoms with Crippen molar-refractivity contribution in [3.63, 3.8) is 0 Å². The zero-order chi connectivity index (χ0) is 27.8. The van der Waals surface area contributed by atoms with Crippen molar-refractivity contribution in [2.45, 2.75) is 19.8 Å². The number of nitriles is 1. The second kappa shape index (κ2) is 12.7. The fraction of sp³-hybridized carbons (Fsp3) is 0.214. The van der Waals surface area contributed by atoms with Gasteiger partial charge in [-0.25, -0.2) is 4.79 Å². The van der Waals surface area contributed by atoms with Gasteiger partial charge < -0.3 is 25.2 Å². The molecule has 9 nitrogen and oxygen atoms in total. The molecule has 1 aliphatic heterocycles. The summed E-state index contributed by atoms with van der Waals surface area (Å²) < 4.78 is 10.5. The Morgan fingerprint density at radius 3 is 2.68 bits per heavy atom. The highest BCUT2D eigenvalue weighted by atomic mass is 32.2. The van der Waals surface area contributed by atoms with Crippen LogP contribution in [0.2, 0.25) is 0 Å². The van der Waals surface area contributed by atoms with Crippen LogP contribution in [-0.2, 0) is 14.3 Å². The van der Waals surface area contributed by atoms with Crippen LogP contribution in [0.1, 0.15) is 35.7 Å². The first-order chi connectivity index (χ1) is 18.2. The van der Waals surface area contributed by atoms with Crippen LogP contribution in [0.15, 0.2) is 77.0 Å². The van der Waals surface area contributed by atoms with Crippen molar-refractivity contribution in [2.24, 2.45) is 0 Å². The Morgan fingerprint density at radius 2 is 2.03 bits per heavy atom. The van der Waals surface area contributed by atoms with Crippen LogP contribution in [-0.4, -0.2) is 42.2 Å². The minimum Gasteiger partial charge on any atom is -0.504 e. The van der Waals surface area contributed by atoms with Crippen LogP contribution in [0, 0.1) is 11.3 Å². The number of rotatable bonds is 10. The van der Waals surface area contributed by atoms with E-state index in [2.05, 4.69) is 23.3 Å². The van der Waals surface area contributed by atoms with E-state index in [9.17, 15) is 24.8 Å². The summed E-state index contributed by atoms with van der Waals surface area (Å²) >= 11 is 1.10. The third-order valence-corrected chi connectivity index (χ3v) is 6.65. The number of ketones is 1. The molecule has 0 spiro atoms. The molecule has 1 aliphatic rings. The van der Waals surface area contributed by atoms with E-state index in [0.717, 1.165) is 11.8 Å². The normalized spacial score (nSPS) is 14.7. The lowest BCUT2D eigenvalue weighted by Gasteiger charge is -2.29. The molecule has 0 fully saturated rings. The average Bonchev–Trinajstić information content (AvgIpc) is 2.90. The summed E-state index contributed by atoms with van der Waals surface area (Å²) in [6.07, 6.45) is 1.44. The Hall–Kier alpha value is -4.49. The maximum atomic E-state index is 13.0. The molecule has 3 N–H and O–H groups in total. The van der Waals surface area contributed by atoms with Gasteiger partial charge in [-0.2, -0.15) is 5.26 Å². The molecule has 0 saturated carbocycles. The lowest BCUT2D eigenvalue weighted by Crippen LogP contribution is -2.29. The SMILES string of the molecule is C=CCOC(=O)C1=C(C)NC(SCC(=O)Nc2cccc(C(C)=O)c2)=C(C#N)[C@H]1c1ccc(O)c(OC)c1. The number of benzene rings is 2. The number of methoxy groups -OCH3 is 1. The molecule has 10 heteroatoms. The van der Waals surface area contributed by atoms with Crippen molar-refractivity contribution in [1.29, 1.82) is 5.26 Å². The first kappa shape index (κ1) is 28.1. The van der Waals surface area contributed by atoms with Crippen molar-refractivity contribution in [2.75, 3.05) is 24.8 Å². The summed E-state index contributed by atoms with van der Waals surface area (Å²) in [5.74, 6) is -1.90. The van der Waals surface area contributed by atoms with Gasteiger partial charge in [-0.05, 0) is 43.7 Å². The molecule has 38 heavy (non-hydrogen) atoms. The second-order valence-corrected chi connectivity index (χ2v) is 9.23. The molecule has 1 amide bonds. The van der Waals surface area contributed by atoms with E-state index in [4.69, 9.17) is 9.47 Å². The summed E-state index contributed by atoms with van der Waals surface area (Å²) in [4.78, 5) is 37.3. The topological polar surface area (TPSA) is 138 Å². The van der Waals surface area contributed by atoms with Gasteiger partial charge in [-0.3, -0.25) is 9.59 Å². The van der Waals surface area contributed by atoms with E-state index < -0.39 is 11.9 Å². The fourth-order valence-corrected chi connectivity index (χ4v) is 4.76. The fourth-order valence-electron chi connectivity index (χ4n) is 3.87. The monoisotopic (exact) mass is 533 g/mol. The van der Waals surface area contributed by atoms with E-state index in [0.29, 0.717) is 27.5 Å². The van der Waals surface area contributed by atoms with Crippen molar-refractivity contribution in [1.82, 2.24) is 5.32 Å². The third kappa shape index (κ3) is 6.44. The first-order valence-electron chi connectivity index (χ1n) is 11.5. The lowest BCUT2D eigenvalue weighted by molar-refractivity contribution is -0.138. The van der Waals surface area contributed by atoms with Crippen LogP contribution < -0.4 is 15.4 Å². The molecule has 0 bridgehead atoms. The maximum Gasteiger partial charge on any atom is 0.337 e. The van der Waals surface area contributed by atoms with Gasteiger partial charge in [0.2, 0.25) is 5.91 Å².